The molecular weight excluding hydrogens is 312 g/mol. The van der Waals surface area contributed by atoms with E-state index >= 15 is 0 Å². The van der Waals surface area contributed by atoms with E-state index in [2.05, 4.69) is 4.72 Å². The zero-order valence-electron chi connectivity index (χ0n) is 14.5. The van der Waals surface area contributed by atoms with E-state index in [0.717, 1.165) is 22.9 Å². The van der Waals surface area contributed by atoms with E-state index < -0.39 is 10.0 Å². The van der Waals surface area contributed by atoms with Crippen LogP contribution in [0.2, 0.25) is 0 Å². The van der Waals surface area contributed by atoms with Crippen molar-refractivity contribution < 1.29 is 8.42 Å². The molecule has 0 radical (unpaired) electrons. The largest absolute Gasteiger partial charge is 0.318 e. The molecule has 1 aromatic heterocycles. The van der Waals surface area contributed by atoms with Gasteiger partial charge in [-0.15, -0.1) is 0 Å². The van der Waals surface area contributed by atoms with Crippen LogP contribution in [0, 0.1) is 13.8 Å². The Bertz CT molecular complexity index is 853. The van der Waals surface area contributed by atoms with Gasteiger partial charge in [0.1, 0.15) is 0 Å². The van der Waals surface area contributed by atoms with Gasteiger partial charge in [0, 0.05) is 30.1 Å². The van der Waals surface area contributed by atoms with Crippen LogP contribution in [0.25, 0.3) is 11.1 Å². The number of nitrogens with one attached hydrogen (secondary N) is 1. The zero-order chi connectivity index (χ0) is 17.8. The van der Waals surface area contributed by atoms with Crippen LogP contribution in [0.1, 0.15) is 25.0 Å². The van der Waals surface area contributed by atoms with Crippen molar-refractivity contribution in [1.29, 1.82) is 0 Å². The van der Waals surface area contributed by atoms with Crippen molar-refractivity contribution in [2.45, 2.75) is 27.7 Å². The lowest BCUT2D eigenvalue weighted by atomic mass is 9.99. The Morgan fingerprint density at radius 1 is 1.09 bits per heavy atom. The van der Waals surface area contributed by atoms with E-state index in [1.807, 2.05) is 26.8 Å². The van der Waals surface area contributed by atoms with E-state index in [9.17, 15) is 13.2 Å². The number of hydrogen-bond donors (Lipinski definition) is 1. The molecule has 0 aliphatic heterocycles. The van der Waals surface area contributed by atoms with Gasteiger partial charge >= 0.3 is 0 Å². The van der Waals surface area contributed by atoms with Crippen LogP contribution in [0.5, 0.6) is 0 Å². The fourth-order valence-corrected chi connectivity index (χ4v) is 2.79. The van der Waals surface area contributed by atoms with Crippen LogP contribution in [-0.2, 0) is 17.1 Å². The summed E-state index contributed by atoms with van der Waals surface area (Å²) < 4.78 is 26.6. The number of benzene rings is 1. The number of aryl methyl sites for hydroxylation is 1. The highest BCUT2D eigenvalue weighted by Crippen LogP contribution is 2.26. The second-order valence-corrected chi connectivity index (χ2v) is 6.91. The lowest BCUT2D eigenvalue weighted by molar-refractivity contribution is 0.607. The average molecular weight is 336 g/mol. The summed E-state index contributed by atoms with van der Waals surface area (Å²) in [7, 11) is -1.61. The van der Waals surface area contributed by atoms with E-state index in [4.69, 9.17) is 0 Å². The first-order chi connectivity index (χ1) is 10.7. The molecule has 126 valence electrons. The van der Waals surface area contributed by atoms with Gasteiger partial charge in [-0.1, -0.05) is 26.0 Å². The summed E-state index contributed by atoms with van der Waals surface area (Å²) in [5.41, 5.74) is 3.83. The van der Waals surface area contributed by atoms with Crippen molar-refractivity contribution >= 4 is 15.7 Å². The molecule has 0 saturated heterocycles. The maximum Gasteiger partial charge on any atom is 0.253 e. The third kappa shape index (κ3) is 4.69. The molecule has 0 fully saturated rings. The molecule has 0 unspecified atom stereocenters. The molecule has 0 aliphatic rings. The lowest BCUT2D eigenvalue weighted by Gasteiger charge is -2.12. The molecular formula is C17H24N2O3S. The monoisotopic (exact) mass is 336 g/mol. The maximum absolute atomic E-state index is 11.9. The summed E-state index contributed by atoms with van der Waals surface area (Å²) in [5.74, 6) is 0. The molecule has 0 aliphatic carbocycles. The normalized spacial score (nSPS) is 10.7. The summed E-state index contributed by atoms with van der Waals surface area (Å²) in [6.07, 6.45) is 2.88. The fraction of sp³-hybridized carbons (Fsp3) is 0.353. The van der Waals surface area contributed by atoms with Crippen molar-refractivity contribution in [1.82, 2.24) is 4.57 Å². The molecule has 0 bridgehead atoms. The van der Waals surface area contributed by atoms with Crippen LogP contribution in [0.3, 0.4) is 0 Å². The van der Waals surface area contributed by atoms with E-state index in [1.165, 1.54) is 4.57 Å². The molecule has 5 nitrogen and oxygen atoms in total. The minimum atomic E-state index is -3.31. The number of aromatic nitrogens is 1. The van der Waals surface area contributed by atoms with Crippen molar-refractivity contribution in [3.8, 4) is 11.1 Å². The lowest BCUT2D eigenvalue weighted by Crippen LogP contribution is -2.20. The molecule has 6 heteroatoms. The first kappa shape index (κ1) is 19.0. The zero-order valence-corrected chi connectivity index (χ0v) is 15.3. The molecule has 0 saturated carbocycles. The molecule has 23 heavy (non-hydrogen) atoms. The minimum absolute atomic E-state index is 0.0262. The Labute approximate surface area is 138 Å². The predicted molar refractivity (Wildman–Crippen MR) is 96.4 cm³/mol. The predicted octanol–water partition coefficient (Wildman–Crippen LogP) is 3.07. The molecule has 1 aromatic carbocycles. The first-order valence-electron chi connectivity index (χ1n) is 7.44. The number of hydrogen-bond acceptors (Lipinski definition) is 3. The Hall–Kier alpha value is -2.08. The number of anilines is 1. The van der Waals surface area contributed by atoms with Gasteiger partial charge in [-0.05, 0) is 37.1 Å². The Morgan fingerprint density at radius 3 is 2.26 bits per heavy atom. The van der Waals surface area contributed by atoms with Crippen LogP contribution in [0.4, 0.5) is 5.69 Å². The summed E-state index contributed by atoms with van der Waals surface area (Å²) in [6.45, 7) is 7.68. The third-order valence-electron chi connectivity index (χ3n) is 3.41. The topological polar surface area (TPSA) is 68.2 Å². The van der Waals surface area contributed by atoms with Crippen molar-refractivity contribution in [2.75, 3.05) is 11.0 Å². The average Bonchev–Trinajstić information content (AvgIpc) is 2.49. The molecule has 0 spiro atoms. The molecule has 0 amide bonds. The highest BCUT2D eigenvalue weighted by atomic mass is 32.2. The van der Waals surface area contributed by atoms with Gasteiger partial charge < -0.3 is 4.57 Å². The molecule has 1 N–H and O–H groups in total. The van der Waals surface area contributed by atoms with Gasteiger partial charge in [-0.3, -0.25) is 9.52 Å². The molecule has 1 heterocycles. The van der Waals surface area contributed by atoms with Crippen molar-refractivity contribution in [3.05, 3.63) is 51.9 Å². The van der Waals surface area contributed by atoms with Crippen LogP contribution in [0.15, 0.2) is 35.3 Å². The van der Waals surface area contributed by atoms with Gasteiger partial charge in [0.2, 0.25) is 10.0 Å². The van der Waals surface area contributed by atoms with Crippen molar-refractivity contribution in [2.24, 2.45) is 7.05 Å². The smallest absolute Gasteiger partial charge is 0.253 e. The molecule has 0 atom stereocenters. The Balaban J connectivity index is 0.00000127. The van der Waals surface area contributed by atoms with Crippen LogP contribution >= 0.6 is 0 Å². The minimum Gasteiger partial charge on any atom is -0.318 e. The third-order valence-corrected chi connectivity index (χ3v) is 4.01. The number of rotatable bonds is 3. The van der Waals surface area contributed by atoms with E-state index in [1.54, 1.807) is 38.4 Å². The first-order valence-corrected chi connectivity index (χ1v) is 9.33. The second kappa shape index (κ2) is 7.46. The highest BCUT2D eigenvalue weighted by Gasteiger charge is 2.10. The fourth-order valence-electron chi connectivity index (χ4n) is 2.23. The van der Waals surface area contributed by atoms with Gasteiger partial charge in [0.25, 0.3) is 5.56 Å². The van der Waals surface area contributed by atoms with Crippen LogP contribution < -0.4 is 10.3 Å². The summed E-state index contributed by atoms with van der Waals surface area (Å²) in [5, 5.41) is 0. The summed E-state index contributed by atoms with van der Waals surface area (Å²) in [6, 6.07) is 7.12. The SMILES string of the molecule is CC.Cc1c(-c2cccc(NS(C)(=O)=O)c2)cn(C)c(=O)c1C. The quantitative estimate of drug-likeness (QED) is 0.936. The van der Waals surface area contributed by atoms with E-state index in [-0.39, 0.29) is 5.56 Å². The summed E-state index contributed by atoms with van der Waals surface area (Å²) >= 11 is 0. The van der Waals surface area contributed by atoms with Crippen molar-refractivity contribution in [3.63, 3.8) is 0 Å². The molecule has 2 aromatic rings. The Kier molecular flexibility index (Phi) is 6.15. The van der Waals surface area contributed by atoms with Gasteiger partial charge in [0.15, 0.2) is 0 Å². The number of pyridine rings is 1. The van der Waals surface area contributed by atoms with Gasteiger partial charge in [-0.25, -0.2) is 8.42 Å². The molecule has 2 rings (SSSR count). The van der Waals surface area contributed by atoms with Gasteiger partial charge in [-0.2, -0.15) is 0 Å². The van der Waals surface area contributed by atoms with Gasteiger partial charge in [0.05, 0.1) is 6.26 Å². The van der Waals surface area contributed by atoms with E-state index in [0.29, 0.717) is 11.3 Å². The number of nitrogens with zero attached hydrogens (tertiary/aromatic N) is 1. The Morgan fingerprint density at radius 2 is 1.70 bits per heavy atom. The van der Waals surface area contributed by atoms with Crippen LogP contribution in [-0.4, -0.2) is 19.2 Å². The summed E-state index contributed by atoms with van der Waals surface area (Å²) in [4.78, 5) is 11.9. The maximum atomic E-state index is 11.9. The highest BCUT2D eigenvalue weighted by molar-refractivity contribution is 7.92. The standard InChI is InChI=1S/C15H18N2O3S.C2H6/c1-10-11(2)15(18)17(3)9-14(10)12-6-5-7-13(8-12)16-21(4,19)20;1-2/h5-9,16H,1-4H3;1-2H3. The second-order valence-electron chi connectivity index (χ2n) is 5.16. The number of sulfonamides is 1.